The molecule has 0 aromatic carbocycles. The number of carbonyl (C=O) groups is 6. The molecule has 0 radical (unpaired) electrons. The molecule has 5 heterocycles. The van der Waals surface area contributed by atoms with E-state index in [-0.39, 0.29) is 36.4 Å². The Kier molecular flexibility index (Phi) is 11.0. The van der Waals surface area contributed by atoms with Crippen molar-refractivity contribution in [3.8, 4) is 0 Å². The number of aromatic amines is 2. The first-order valence-electron chi connectivity index (χ1n) is 18.9. The third-order valence-corrected chi connectivity index (χ3v) is 11.5. The van der Waals surface area contributed by atoms with Gasteiger partial charge in [0.2, 0.25) is 11.8 Å². The van der Waals surface area contributed by atoms with E-state index in [1.165, 1.54) is 19.0 Å². The number of aromatic nitrogens is 4. The highest BCUT2D eigenvalue weighted by Crippen LogP contribution is 2.48. The van der Waals surface area contributed by atoms with Gasteiger partial charge in [-0.05, 0) is 62.9 Å². The Hall–Kier alpha value is -5.70. The second-order valence-corrected chi connectivity index (χ2v) is 15.3. The number of aliphatic carboxylic acids is 1. The van der Waals surface area contributed by atoms with E-state index in [1.54, 1.807) is 14.1 Å². The Labute approximate surface area is 324 Å². The maximum Gasteiger partial charge on any atom is 0.326 e. The van der Waals surface area contributed by atoms with Gasteiger partial charge in [-0.15, -0.1) is 0 Å². The lowest BCUT2D eigenvalue weighted by molar-refractivity contribution is -0.144. The fraction of sp³-hybridized carbons (Fsp3) is 0.463. The van der Waals surface area contributed by atoms with Crippen LogP contribution in [0.5, 0.6) is 0 Å². The van der Waals surface area contributed by atoms with Crippen molar-refractivity contribution in [3.05, 3.63) is 68.8 Å². The predicted molar refractivity (Wildman–Crippen MR) is 207 cm³/mol. The topological polar surface area (TPSA) is 217 Å². The smallest absolute Gasteiger partial charge is 0.326 e. The van der Waals surface area contributed by atoms with Crippen LogP contribution in [0.1, 0.15) is 143 Å². The summed E-state index contributed by atoms with van der Waals surface area (Å²) in [6.45, 7) is 11.4. The van der Waals surface area contributed by atoms with E-state index >= 15 is 0 Å². The van der Waals surface area contributed by atoms with E-state index in [0.29, 0.717) is 55.7 Å². The second-order valence-electron chi connectivity index (χ2n) is 15.3. The Morgan fingerprint density at radius 3 is 2.16 bits per heavy atom. The van der Waals surface area contributed by atoms with Crippen LogP contribution >= 0.6 is 0 Å². The van der Waals surface area contributed by atoms with Crippen LogP contribution in [0.4, 0.5) is 0 Å². The summed E-state index contributed by atoms with van der Waals surface area (Å²) in [5.74, 6) is -5.91. The number of hydrogen-bond acceptors (Lipinski definition) is 10. The molecule has 296 valence electrons. The molecule has 56 heavy (non-hydrogen) atoms. The van der Waals surface area contributed by atoms with Crippen LogP contribution in [0.25, 0.3) is 22.1 Å². The van der Waals surface area contributed by atoms with Crippen molar-refractivity contribution in [1.82, 2.24) is 35.7 Å². The molecular formula is C41H49N7O8. The van der Waals surface area contributed by atoms with Crippen LogP contribution in [-0.2, 0) is 23.9 Å². The molecule has 1 unspecified atom stereocenters. The lowest BCUT2D eigenvalue weighted by Gasteiger charge is -2.20. The molecule has 5 N–H and O–H groups in total. The van der Waals surface area contributed by atoms with Gasteiger partial charge in [-0.1, -0.05) is 20.8 Å². The average molecular weight is 768 g/mol. The standard InChI is InChI=1S/C41H49N7O8/c1-10-22-17(2)24-15-29-33(21(6)49)19(4)26(43-29)13-25-18(3)23(11-12-31(50)44-30(40(53)54)16-32(51)47-48(7)8)37(45-25)35-36(41(55)56-9)39(52)34-20(5)27(46-38(34)35)14-28(22)42-24/h13-15,17-18,22-23,30,36,43,46H,10-12,16H2,1-9H3,(H,44,50)(H,47,51)(H,53,54)/t17-,18+,22-,23+,30+,36?/m1/s1. The Bertz CT molecular complexity index is 2340. The summed E-state index contributed by atoms with van der Waals surface area (Å²) in [5.41, 5.74) is 10.2. The van der Waals surface area contributed by atoms with E-state index in [0.717, 1.165) is 23.4 Å². The van der Waals surface area contributed by atoms with Gasteiger partial charge < -0.3 is 25.1 Å². The normalized spacial score (nSPS) is 20.5. The molecule has 6 atom stereocenters. The highest BCUT2D eigenvalue weighted by atomic mass is 16.5. The number of amides is 2. The van der Waals surface area contributed by atoms with E-state index < -0.39 is 53.8 Å². The molecular weight excluding hydrogens is 718 g/mol. The van der Waals surface area contributed by atoms with Crippen LogP contribution in [0.3, 0.4) is 0 Å². The number of hydrazine groups is 1. The molecule has 15 heteroatoms. The number of H-pyrrole nitrogens is 2. The van der Waals surface area contributed by atoms with Gasteiger partial charge in [-0.3, -0.25) is 39.4 Å². The van der Waals surface area contributed by atoms with E-state index in [4.69, 9.17) is 14.7 Å². The van der Waals surface area contributed by atoms with Crippen LogP contribution in [0, 0.1) is 13.8 Å². The number of ether oxygens (including phenoxy) is 1. The molecule has 0 saturated heterocycles. The fourth-order valence-electron chi connectivity index (χ4n) is 8.57. The number of carboxylic acids is 1. The van der Waals surface area contributed by atoms with Crippen LogP contribution in [-0.4, -0.2) is 92.6 Å². The van der Waals surface area contributed by atoms with Gasteiger partial charge in [0, 0.05) is 89.0 Å². The van der Waals surface area contributed by atoms with Gasteiger partial charge in [0.05, 0.1) is 30.3 Å². The largest absolute Gasteiger partial charge is 0.480 e. The summed E-state index contributed by atoms with van der Waals surface area (Å²) in [6, 6.07) is 4.28. The summed E-state index contributed by atoms with van der Waals surface area (Å²) in [5, 5.41) is 13.6. The minimum Gasteiger partial charge on any atom is -0.480 e. The molecule has 8 bridgehead atoms. The first-order chi connectivity index (χ1) is 26.5. The molecule has 3 aromatic heterocycles. The van der Waals surface area contributed by atoms with Crippen molar-refractivity contribution in [2.75, 3.05) is 21.2 Å². The van der Waals surface area contributed by atoms with Crippen LogP contribution in [0.15, 0.2) is 18.2 Å². The number of methoxy groups -OCH3 is 1. The number of ketones is 2. The lowest BCUT2D eigenvalue weighted by atomic mass is 9.83. The number of Topliss-reactive ketones (excluding diaryl/α,β-unsaturated/α-hetero) is 2. The lowest BCUT2D eigenvalue weighted by Crippen LogP contribution is -2.46. The number of rotatable bonds is 11. The minimum absolute atomic E-state index is 0.0438. The van der Waals surface area contributed by atoms with Gasteiger partial charge >= 0.3 is 11.9 Å². The molecule has 0 saturated carbocycles. The minimum atomic E-state index is -1.47. The quantitative estimate of drug-likeness (QED) is 0.0748. The van der Waals surface area contributed by atoms with E-state index in [9.17, 15) is 33.9 Å². The Balaban J connectivity index is 1.57. The van der Waals surface area contributed by atoms with E-state index in [2.05, 4.69) is 34.6 Å². The first kappa shape index (κ1) is 40.0. The van der Waals surface area contributed by atoms with Crippen molar-refractivity contribution in [3.63, 3.8) is 0 Å². The molecule has 3 aliphatic rings. The summed E-state index contributed by atoms with van der Waals surface area (Å²) in [6.07, 6.45) is 0.333. The van der Waals surface area contributed by atoms with E-state index in [1.807, 2.05) is 39.0 Å². The third-order valence-electron chi connectivity index (χ3n) is 11.5. The monoisotopic (exact) mass is 767 g/mol. The summed E-state index contributed by atoms with van der Waals surface area (Å²) in [7, 11) is 4.39. The molecule has 0 fully saturated rings. The van der Waals surface area contributed by atoms with Crippen molar-refractivity contribution in [2.24, 2.45) is 0 Å². The maximum absolute atomic E-state index is 14.3. The fourth-order valence-corrected chi connectivity index (χ4v) is 8.57. The molecule has 0 spiro atoms. The second kappa shape index (κ2) is 15.4. The number of carboxylic acid groups (broad SMARTS) is 1. The molecule has 2 aliphatic heterocycles. The number of hydrogen-bond donors (Lipinski definition) is 5. The van der Waals surface area contributed by atoms with Crippen LogP contribution < -0.4 is 10.7 Å². The molecule has 3 aromatic rings. The van der Waals surface area contributed by atoms with Crippen molar-refractivity contribution in [1.29, 1.82) is 0 Å². The zero-order valence-corrected chi connectivity index (χ0v) is 33.2. The maximum atomic E-state index is 14.3. The number of nitrogens with zero attached hydrogens (tertiary/aromatic N) is 3. The van der Waals surface area contributed by atoms with Gasteiger partial charge in [0.25, 0.3) is 0 Å². The van der Waals surface area contributed by atoms with Gasteiger partial charge in [-0.2, -0.15) is 0 Å². The van der Waals surface area contributed by atoms with Crippen molar-refractivity contribution >= 4 is 57.4 Å². The number of esters is 1. The van der Waals surface area contributed by atoms with Crippen molar-refractivity contribution < 1.29 is 38.6 Å². The average Bonchev–Trinajstić information content (AvgIpc) is 3.87. The first-order valence-corrected chi connectivity index (χ1v) is 18.9. The number of fused-ring (bicyclic) bond motifs is 8. The van der Waals surface area contributed by atoms with Gasteiger partial charge in [-0.25, -0.2) is 9.80 Å². The van der Waals surface area contributed by atoms with Crippen molar-refractivity contribution in [2.45, 2.75) is 103 Å². The number of aryl methyl sites for hydroxylation is 2. The summed E-state index contributed by atoms with van der Waals surface area (Å²) in [4.78, 5) is 95.7. The highest BCUT2D eigenvalue weighted by molar-refractivity contribution is 6.23. The zero-order valence-electron chi connectivity index (χ0n) is 33.2. The summed E-state index contributed by atoms with van der Waals surface area (Å²) < 4.78 is 5.19. The Morgan fingerprint density at radius 2 is 1.54 bits per heavy atom. The third kappa shape index (κ3) is 7.11. The molecule has 1 aliphatic carbocycles. The van der Waals surface area contributed by atoms with Gasteiger partial charge in [0.15, 0.2) is 11.6 Å². The summed E-state index contributed by atoms with van der Waals surface area (Å²) >= 11 is 0. The molecule has 15 nitrogen and oxygen atoms in total. The Morgan fingerprint density at radius 1 is 0.911 bits per heavy atom. The number of carbonyl (C=O) groups excluding carboxylic acids is 5. The predicted octanol–water partition coefficient (Wildman–Crippen LogP) is 5.10. The van der Waals surface area contributed by atoms with Gasteiger partial charge in [0.1, 0.15) is 12.0 Å². The highest BCUT2D eigenvalue weighted by Gasteiger charge is 2.45. The van der Waals surface area contributed by atoms with Crippen LogP contribution in [0.2, 0.25) is 0 Å². The molecule has 6 rings (SSSR count). The number of nitrogens with one attached hydrogen (secondary N) is 4. The SMILES string of the molecule is CC[C@H]1c2cc3[nH]c4c(c3C)C(=O)C(C(=O)OC)c4c3nc(cc4[nH]c(cc(n2)[C@@H]1C)c(C(C)=O)c4C)[C@@H](C)[C@@H]3CCC(=O)N[C@@H](CC(=O)NN(C)C)C(=O)O. The zero-order chi connectivity index (χ0) is 40.9. The molecule has 2 amide bonds.